The van der Waals surface area contributed by atoms with Gasteiger partial charge in [-0.3, -0.25) is 9.36 Å². The minimum atomic E-state index is -4.75. The van der Waals surface area contributed by atoms with Gasteiger partial charge in [0.25, 0.3) is 0 Å². The van der Waals surface area contributed by atoms with E-state index < -0.39 is 12.3 Å². The molecule has 0 aliphatic carbocycles. The number of aromatic nitrogens is 3. The van der Waals surface area contributed by atoms with Crippen molar-refractivity contribution in [3.05, 3.63) is 30.6 Å². The van der Waals surface area contributed by atoms with Gasteiger partial charge >= 0.3 is 12.3 Å². The number of hydrogen-bond acceptors (Lipinski definition) is 5. The van der Waals surface area contributed by atoms with Crippen molar-refractivity contribution in [3.8, 4) is 11.4 Å². The number of halogens is 3. The van der Waals surface area contributed by atoms with Gasteiger partial charge in [0, 0.05) is 5.69 Å². The van der Waals surface area contributed by atoms with Crippen LogP contribution in [0.1, 0.15) is 0 Å². The first-order chi connectivity index (χ1) is 9.85. The quantitative estimate of drug-likeness (QED) is 0.853. The fourth-order valence-electron chi connectivity index (χ4n) is 1.43. The predicted octanol–water partition coefficient (Wildman–Crippen LogP) is 2.34. The van der Waals surface area contributed by atoms with Crippen LogP contribution in [0.15, 0.2) is 35.7 Å². The van der Waals surface area contributed by atoms with Crippen molar-refractivity contribution < 1.29 is 27.8 Å². The van der Waals surface area contributed by atoms with E-state index in [0.717, 1.165) is 23.9 Å². The Morgan fingerprint density at radius 2 is 2.00 bits per heavy atom. The van der Waals surface area contributed by atoms with Crippen LogP contribution in [0.4, 0.5) is 13.2 Å². The molecule has 2 aromatic rings. The number of carboxylic acid groups (broad SMARTS) is 1. The van der Waals surface area contributed by atoms with E-state index in [1.54, 1.807) is 0 Å². The molecule has 6 nitrogen and oxygen atoms in total. The number of carboxylic acids is 1. The second-order valence-electron chi connectivity index (χ2n) is 3.71. The second kappa shape index (κ2) is 6.04. The van der Waals surface area contributed by atoms with Crippen molar-refractivity contribution in [3.63, 3.8) is 0 Å². The van der Waals surface area contributed by atoms with Gasteiger partial charge in [-0.15, -0.1) is 23.4 Å². The highest BCUT2D eigenvalue weighted by Crippen LogP contribution is 2.25. The van der Waals surface area contributed by atoms with Crippen LogP contribution in [0.5, 0.6) is 5.75 Å². The van der Waals surface area contributed by atoms with E-state index >= 15 is 0 Å². The summed E-state index contributed by atoms with van der Waals surface area (Å²) in [4.78, 5) is 10.5. The van der Waals surface area contributed by atoms with E-state index in [9.17, 15) is 18.0 Å². The number of aliphatic carboxylic acids is 1. The molecule has 0 unspecified atom stereocenters. The molecule has 0 aliphatic heterocycles. The molecule has 0 spiro atoms. The number of hydrogen-bond donors (Lipinski definition) is 1. The Hall–Kier alpha value is -2.23. The van der Waals surface area contributed by atoms with Crippen LogP contribution in [-0.2, 0) is 4.79 Å². The Morgan fingerprint density at radius 3 is 2.57 bits per heavy atom. The molecular formula is C11H8F3N3O3S. The summed E-state index contributed by atoms with van der Waals surface area (Å²) in [6, 6.07) is 5.06. The SMILES string of the molecule is O=C(O)CSc1nncn1-c1ccc(OC(F)(F)F)cc1. The number of benzene rings is 1. The number of carbonyl (C=O) groups is 1. The fraction of sp³-hybridized carbons (Fsp3) is 0.182. The van der Waals surface area contributed by atoms with Crippen molar-refractivity contribution in [1.29, 1.82) is 0 Å². The third-order valence-electron chi connectivity index (χ3n) is 2.19. The average Bonchev–Trinajstić information content (AvgIpc) is 2.83. The molecule has 0 bridgehead atoms. The first kappa shape index (κ1) is 15.2. The van der Waals surface area contributed by atoms with E-state index in [2.05, 4.69) is 14.9 Å². The molecule has 21 heavy (non-hydrogen) atoms. The van der Waals surface area contributed by atoms with Gasteiger partial charge in [0.2, 0.25) is 0 Å². The maximum atomic E-state index is 12.0. The lowest BCUT2D eigenvalue weighted by molar-refractivity contribution is -0.274. The van der Waals surface area contributed by atoms with Gasteiger partial charge in [-0.05, 0) is 24.3 Å². The maximum absolute atomic E-state index is 12.0. The lowest BCUT2D eigenvalue weighted by Crippen LogP contribution is -2.17. The summed E-state index contributed by atoms with van der Waals surface area (Å²) in [6.45, 7) is 0. The largest absolute Gasteiger partial charge is 0.573 e. The molecule has 0 aliphatic rings. The Morgan fingerprint density at radius 1 is 1.33 bits per heavy atom. The normalized spacial score (nSPS) is 11.4. The van der Waals surface area contributed by atoms with Crippen LogP contribution >= 0.6 is 11.8 Å². The predicted molar refractivity (Wildman–Crippen MR) is 66.4 cm³/mol. The van der Waals surface area contributed by atoms with Crippen molar-refractivity contribution in [1.82, 2.24) is 14.8 Å². The highest BCUT2D eigenvalue weighted by atomic mass is 32.2. The Labute approximate surface area is 120 Å². The summed E-state index contributed by atoms with van der Waals surface area (Å²) in [6.07, 6.45) is -3.41. The van der Waals surface area contributed by atoms with Gasteiger partial charge in [0.05, 0.1) is 5.75 Å². The third kappa shape index (κ3) is 4.38. The minimum absolute atomic E-state index is 0.200. The van der Waals surface area contributed by atoms with Gasteiger partial charge in [-0.2, -0.15) is 0 Å². The highest BCUT2D eigenvalue weighted by Gasteiger charge is 2.31. The van der Waals surface area contributed by atoms with E-state index in [-0.39, 0.29) is 11.5 Å². The number of ether oxygens (including phenoxy) is 1. The summed E-state index contributed by atoms with van der Waals surface area (Å²) < 4.78 is 41.4. The highest BCUT2D eigenvalue weighted by molar-refractivity contribution is 7.99. The zero-order valence-corrected chi connectivity index (χ0v) is 11.1. The van der Waals surface area contributed by atoms with Crippen molar-refractivity contribution in [2.24, 2.45) is 0 Å². The Balaban J connectivity index is 2.16. The minimum Gasteiger partial charge on any atom is -0.481 e. The van der Waals surface area contributed by atoms with Crippen LogP contribution in [0.25, 0.3) is 5.69 Å². The molecule has 1 aromatic heterocycles. The van der Waals surface area contributed by atoms with Gasteiger partial charge < -0.3 is 9.84 Å². The van der Waals surface area contributed by atoms with E-state index in [1.807, 2.05) is 0 Å². The lowest BCUT2D eigenvalue weighted by atomic mass is 10.3. The van der Waals surface area contributed by atoms with Crippen LogP contribution in [0, 0.1) is 0 Å². The van der Waals surface area contributed by atoms with E-state index in [0.29, 0.717) is 10.8 Å². The standard InChI is InChI=1S/C11H8F3N3O3S/c12-11(13,14)20-8-3-1-7(2-4-8)17-6-15-16-10(17)21-5-9(18)19/h1-4,6H,5H2,(H,18,19). The summed E-state index contributed by atoms with van der Waals surface area (Å²) in [5, 5.41) is 16.3. The first-order valence-corrected chi connectivity index (χ1v) is 6.44. The second-order valence-corrected chi connectivity index (χ2v) is 4.65. The molecule has 2 rings (SSSR count). The molecule has 0 amide bonds. The molecule has 0 atom stereocenters. The molecule has 0 saturated heterocycles. The third-order valence-corrected chi connectivity index (χ3v) is 3.12. The van der Waals surface area contributed by atoms with Crippen LogP contribution < -0.4 is 4.74 Å². The van der Waals surface area contributed by atoms with Gasteiger partial charge in [-0.25, -0.2) is 0 Å². The molecule has 1 N–H and O–H groups in total. The zero-order valence-electron chi connectivity index (χ0n) is 10.2. The number of alkyl halides is 3. The summed E-state index contributed by atoms with van der Waals surface area (Å²) in [5.41, 5.74) is 0.488. The number of thioether (sulfide) groups is 1. The number of rotatable bonds is 5. The maximum Gasteiger partial charge on any atom is 0.573 e. The molecular weight excluding hydrogens is 311 g/mol. The molecule has 10 heteroatoms. The topological polar surface area (TPSA) is 77.2 Å². The van der Waals surface area contributed by atoms with Gasteiger partial charge in [-0.1, -0.05) is 11.8 Å². The Bertz CT molecular complexity index is 628. The average molecular weight is 319 g/mol. The zero-order chi connectivity index (χ0) is 15.5. The van der Waals surface area contributed by atoms with Gasteiger partial charge in [0.1, 0.15) is 12.1 Å². The molecule has 0 fully saturated rings. The first-order valence-electron chi connectivity index (χ1n) is 5.46. The molecule has 0 saturated carbocycles. The fourth-order valence-corrected chi connectivity index (χ4v) is 2.08. The van der Waals surface area contributed by atoms with Crippen molar-refractivity contribution in [2.75, 3.05) is 5.75 Å². The summed E-state index contributed by atoms with van der Waals surface area (Å²) in [7, 11) is 0. The molecule has 1 heterocycles. The summed E-state index contributed by atoms with van der Waals surface area (Å²) in [5.74, 6) is -1.56. The van der Waals surface area contributed by atoms with Gasteiger partial charge in [0.15, 0.2) is 5.16 Å². The van der Waals surface area contributed by atoms with Crippen molar-refractivity contribution >= 4 is 17.7 Å². The smallest absolute Gasteiger partial charge is 0.481 e. The summed E-state index contributed by atoms with van der Waals surface area (Å²) >= 11 is 0.949. The van der Waals surface area contributed by atoms with E-state index in [4.69, 9.17) is 5.11 Å². The molecule has 0 radical (unpaired) electrons. The van der Waals surface area contributed by atoms with Crippen LogP contribution in [0.2, 0.25) is 0 Å². The monoisotopic (exact) mass is 319 g/mol. The van der Waals surface area contributed by atoms with Crippen LogP contribution in [-0.4, -0.2) is 38.0 Å². The Kier molecular flexibility index (Phi) is 4.36. The molecule has 1 aromatic carbocycles. The number of nitrogens with zero attached hydrogens (tertiary/aromatic N) is 3. The van der Waals surface area contributed by atoms with Crippen molar-refractivity contribution in [2.45, 2.75) is 11.5 Å². The van der Waals surface area contributed by atoms with Crippen LogP contribution in [0.3, 0.4) is 0 Å². The lowest BCUT2D eigenvalue weighted by Gasteiger charge is -2.10. The van der Waals surface area contributed by atoms with E-state index in [1.165, 1.54) is 23.0 Å². The molecule has 112 valence electrons.